The lowest BCUT2D eigenvalue weighted by Crippen LogP contribution is -2.37. The van der Waals surface area contributed by atoms with E-state index >= 15 is 0 Å². The Morgan fingerprint density at radius 1 is 1.33 bits per heavy atom. The monoisotopic (exact) mass is 366 g/mol. The van der Waals surface area contributed by atoms with Crippen LogP contribution in [0.1, 0.15) is 31.0 Å². The molecule has 6 heteroatoms. The van der Waals surface area contributed by atoms with E-state index in [2.05, 4.69) is 22.2 Å². The topological polar surface area (TPSA) is 33.1 Å². The van der Waals surface area contributed by atoms with Gasteiger partial charge in [-0.2, -0.15) is 5.10 Å². The van der Waals surface area contributed by atoms with Crippen molar-refractivity contribution in [1.82, 2.24) is 20.0 Å². The zero-order valence-corrected chi connectivity index (χ0v) is 15.7. The van der Waals surface area contributed by atoms with E-state index in [4.69, 9.17) is 23.2 Å². The van der Waals surface area contributed by atoms with Crippen LogP contribution in [0.15, 0.2) is 24.3 Å². The molecule has 24 heavy (non-hydrogen) atoms. The Morgan fingerprint density at radius 2 is 2.17 bits per heavy atom. The fraction of sp³-hybridized carbons (Fsp3) is 0.500. The number of benzene rings is 1. The van der Waals surface area contributed by atoms with Crippen LogP contribution in [0.5, 0.6) is 0 Å². The quantitative estimate of drug-likeness (QED) is 0.836. The van der Waals surface area contributed by atoms with Gasteiger partial charge >= 0.3 is 0 Å². The van der Waals surface area contributed by atoms with Gasteiger partial charge in [-0.05, 0) is 51.1 Å². The van der Waals surface area contributed by atoms with Crippen LogP contribution in [0.4, 0.5) is 0 Å². The number of hydrogen-bond acceptors (Lipinski definition) is 3. The summed E-state index contributed by atoms with van der Waals surface area (Å²) in [6, 6.07) is 8.21. The smallest absolute Gasteiger partial charge is 0.137 e. The van der Waals surface area contributed by atoms with Gasteiger partial charge in [0.1, 0.15) is 5.15 Å². The van der Waals surface area contributed by atoms with Gasteiger partial charge in [-0.3, -0.25) is 4.90 Å². The minimum absolute atomic E-state index is 0.636. The van der Waals surface area contributed by atoms with E-state index in [0.29, 0.717) is 16.2 Å². The highest BCUT2D eigenvalue weighted by molar-refractivity contribution is 6.31. The van der Waals surface area contributed by atoms with E-state index in [1.54, 1.807) is 4.68 Å². The summed E-state index contributed by atoms with van der Waals surface area (Å²) < 4.78 is 1.76. The molecule has 0 bridgehead atoms. The summed E-state index contributed by atoms with van der Waals surface area (Å²) in [7, 11) is 0. The summed E-state index contributed by atoms with van der Waals surface area (Å²) in [6.45, 7) is 8.30. The number of aromatic nitrogens is 2. The Balaban J connectivity index is 1.68. The molecular formula is C18H24Cl2N4. The maximum atomic E-state index is 6.57. The van der Waals surface area contributed by atoms with E-state index in [1.165, 1.54) is 19.4 Å². The Kier molecular flexibility index (Phi) is 5.82. The number of likely N-dealkylation sites (N-methyl/N-ethyl adjacent to an activating group) is 1. The predicted octanol–water partition coefficient (Wildman–Crippen LogP) is 4.06. The van der Waals surface area contributed by atoms with E-state index in [9.17, 15) is 0 Å². The molecule has 1 aromatic carbocycles. The molecule has 4 nitrogen and oxygen atoms in total. The second kappa shape index (κ2) is 7.87. The van der Waals surface area contributed by atoms with Crippen molar-refractivity contribution < 1.29 is 0 Å². The summed E-state index contributed by atoms with van der Waals surface area (Å²) >= 11 is 12.7. The number of nitrogens with one attached hydrogen (secondary N) is 1. The van der Waals surface area contributed by atoms with E-state index in [0.717, 1.165) is 36.6 Å². The molecule has 0 spiro atoms. The lowest BCUT2D eigenvalue weighted by Gasteiger charge is -2.22. The molecule has 1 unspecified atom stereocenters. The second-order valence-corrected chi connectivity index (χ2v) is 7.10. The van der Waals surface area contributed by atoms with Crippen molar-refractivity contribution in [3.05, 3.63) is 45.7 Å². The number of likely N-dealkylation sites (tertiary alicyclic amines) is 1. The second-order valence-electron chi connectivity index (χ2n) is 6.30. The van der Waals surface area contributed by atoms with Gasteiger partial charge in [-0.15, -0.1) is 0 Å². The van der Waals surface area contributed by atoms with Crippen LogP contribution < -0.4 is 5.32 Å². The summed E-state index contributed by atoms with van der Waals surface area (Å²) in [5.74, 6) is 0. The van der Waals surface area contributed by atoms with Gasteiger partial charge in [-0.1, -0.05) is 36.2 Å². The number of halogens is 2. The van der Waals surface area contributed by atoms with Crippen molar-refractivity contribution >= 4 is 23.2 Å². The third kappa shape index (κ3) is 3.77. The average molecular weight is 367 g/mol. The molecule has 2 aromatic rings. The van der Waals surface area contributed by atoms with Gasteiger partial charge in [0, 0.05) is 29.7 Å². The summed E-state index contributed by atoms with van der Waals surface area (Å²) in [6.07, 6.45) is 2.57. The summed E-state index contributed by atoms with van der Waals surface area (Å²) in [5.41, 5.74) is 2.89. The van der Waals surface area contributed by atoms with Gasteiger partial charge in [0.05, 0.1) is 11.4 Å². The van der Waals surface area contributed by atoms with E-state index < -0.39 is 0 Å². The highest BCUT2D eigenvalue weighted by atomic mass is 35.5. The minimum Gasteiger partial charge on any atom is -0.311 e. The molecule has 1 aromatic heterocycles. The Labute approximate surface area is 153 Å². The molecule has 1 aliphatic rings. The first-order valence-electron chi connectivity index (χ1n) is 8.55. The zero-order valence-electron chi connectivity index (χ0n) is 14.2. The highest BCUT2D eigenvalue weighted by Gasteiger charge is 2.22. The maximum absolute atomic E-state index is 6.57. The molecule has 130 valence electrons. The molecule has 0 aliphatic carbocycles. The Bertz CT molecular complexity index is 698. The number of aryl methyl sites for hydroxylation is 1. The fourth-order valence-corrected chi connectivity index (χ4v) is 3.94. The van der Waals surface area contributed by atoms with Crippen molar-refractivity contribution in [3.8, 4) is 5.69 Å². The van der Waals surface area contributed by atoms with Crippen LogP contribution in [-0.2, 0) is 6.54 Å². The molecule has 0 saturated carbocycles. The largest absolute Gasteiger partial charge is 0.311 e. The van der Waals surface area contributed by atoms with Crippen molar-refractivity contribution in [2.45, 2.75) is 39.3 Å². The van der Waals surface area contributed by atoms with Crippen molar-refractivity contribution in [1.29, 1.82) is 0 Å². The fourth-order valence-electron chi connectivity index (χ4n) is 3.42. The van der Waals surface area contributed by atoms with E-state index in [1.807, 2.05) is 31.2 Å². The molecule has 1 N–H and O–H groups in total. The third-order valence-electron chi connectivity index (χ3n) is 4.76. The molecule has 2 heterocycles. The summed E-state index contributed by atoms with van der Waals surface area (Å²) in [5, 5.41) is 9.47. The van der Waals surface area contributed by atoms with Crippen molar-refractivity contribution in [2.24, 2.45) is 0 Å². The van der Waals surface area contributed by atoms with E-state index in [-0.39, 0.29) is 0 Å². The Morgan fingerprint density at radius 3 is 2.92 bits per heavy atom. The van der Waals surface area contributed by atoms with Crippen LogP contribution in [0.3, 0.4) is 0 Å². The van der Waals surface area contributed by atoms with Gasteiger partial charge in [-0.25, -0.2) is 4.68 Å². The number of hydrogen-bond donors (Lipinski definition) is 1. The van der Waals surface area contributed by atoms with Gasteiger partial charge < -0.3 is 5.32 Å². The zero-order chi connectivity index (χ0) is 17.1. The van der Waals surface area contributed by atoms with Crippen LogP contribution in [-0.4, -0.2) is 40.4 Å². The van der Waals surface area contributed by atoms with Gasteiger partial charge in [0.2, 0.25) is 0 Å². The van der Waals surface area contributed by atoms with Crippen LogP contribution >= 0.6 is 23.2 Å². The SMILES string of the molecule is CCN1CCCC1CNCc1c(C)nn(-c2cccc(Cl)c2)c1Cl. The number of rotatable bonds is 6. The first-order chi connectivity index (χ1) is 11.6. The maximum Gasteiger partial charge on any atom is 0.137 e. The molecule has 1 atom stereocenters. The third-order valence-corrected chi connectivity index (χ3v) is 5.38. The standard InChI is InChI=1S/C18H24Cl2N4/c1-3-23-9-5-8-16(23)11-21-12-17-13(2)22-24(18(17)20)15-7-4-6-14(19)10-15/h4,6-7,10,16,21H,3,5,8-9,11-12H2,1-2H3. The van der Waals surface area contributed by atoms with Crippen LogP contribution in [0.25, 0.3) is 5.69 Å². The Hall–Kier alpha value is -1.07. The first kappa shape index (κ1) is 17.7. The summed E-state index contributed by atoms with van der Waals surface area (Å²) in [4.78, 5) is 2.54. The normalized spacial score (nSPS) is 18.4. The van der Waals surface area contributed by atoms with Crippen molar-refractivity contribution in [2.75, 3.05) is 19.6 Å². The lowest BCUT2D eigenvalue weighted by atomic mass is 10.2. The first-order valence-corrected chi connectivity index (χ1v) is 9.30. The molecule has 0 radical (unpaired) electrons. The number of nitrogens with zero attached hydrogens (tertiary/aromatic N) is 3. The van der Waals surface area contributed by atoms with Crippen LogP contribution in [0.2, 0.25) is 10.2 Å². The molecule has 1 saturated heterocycles. The minimum atomic E-state index is 0.636. The molecule has 1 aliphatic heterocycles. The molecule has 0 amide bonds. The van der Waals surface area contributed by atoms with Gasteiger partial charge in [0.25, 0.3) is 0 Å². The molecular weight excluding hydrogens is 343 g/mol. The lowest BCUT2D eigenvalue weighted by molar-refractivity contribution is 0.260. The molecule has 1 fully saturated rings. The average Bonchev–Trinajstić information content (AvgIpc) is 3.13. The molecule has 3 rings (SSSR count). The predicted molar refractivity (Wildman–Crippen MR) is 100 cm³/mol. The van der Waals surface area contributed by atoms with Gasteiger partial charge in [0.15, 0.2) is 0 Å². The highest BCUT2D eigenvalue weighted by Crippen LogP contribution is 2.25. The van der Waals surface area contributed by atoms with Crippen LogP contribution in [0, 0.1) is 6.92 Å². The van der Waals surface area contributed by atoms with Crippen molar-refractivity contribution in [3.63, 3.8) is 0 Å².